The maximum absolute atomic E-state index is 14.0. The summed E-state index contributed by atoms with van der Waals surface area (Å²) in [6, 6.07) is 6.63. The van der Waals surface area contributed by atoms with Gasteiger partial charge in [0.15, 0.2) is 0 Å². The van der Waals surface area contributed by atoms with Crippen molar-refractivity contribution < 1.29 is 48.2 Å². The number of aliphatic hydroxyl groups is 2. The van der Waals surface area contributed by atoms with Gasteiger partial charge in [0.1, 0.15) is 34.5 Å². The molecule has 6 heterocycles. The number of fused-ring (bicyclic) bond motifs is 14. The lowest BCUT2D eigenvalue weighted by Crippen LogP contribution is -2.66. The second kappa shape index (κ2) is 26.4. The van der Waals surface area contributed by atoms with Gasteiger partial charge in [-0.1, -0.05) is 12.1 Å². The van der Waals surface area contributed by atoms with Crippen LogP contribution in [0, 0.1) is 41.5 Å². The molecule has 3 N–H and O–H groups in total. The number of aliphatic hydroxyl groups excluding tert-OH is 2. The molecule has 6 aliphatic rings. The fourth-order valence-electron chi connectivity index (χ4n) is 13.0. The lowest BCUT2D eigenvalue weighted by atomic mass is 9.73. The quantitative estimate of drug-likeness (QED) is 0.198. The van der Waals surface area contributed by atoms with E-state index in [1.165, 1.54) is 17.8 Å². The van der Waals surface area contributed by atoms with Crippen LogP contribution in [-0.2, 0) is 138 Å². The first-order chi connectivity index (χ1) is 37.5. The van der Waals surface area contributed by atoms with Crippen molar-refractivity contribution in [3.63, 3.8) is 0 Å². The number of benzene rings is 4. The molecule has 6 aliphatic heterocycles. The van der Waals surface area contributed by atoms with Crippen molar-refractivity contribution in [2.75, 3.05) is 62.9 Å². The van der Waals surface area contributed by atoms with Crippen LogP contribution in [0.2, 0.25) is 0 Å². The van der Waals surface area contributed by atoms with Gasteiger partial charge < -0.3 is 48.4 Å². The third kappa shape index (κ3) is 11.0. The minimum absolute atomic E-state index is 0.0161. The first-order valence-electron chi connectivity index (χ1n) is 25.0. The summed E-state index contributed by atoms with van der Waals surface area (Å²) in [6.45, 7) is 11.9. The van der Waals surface area contributed by atoms with Gasteiger partial charge in [-0.25, -0.2) is 0 Å². The zero-order chi connectivity index (χ0) is 56.4. The van der Waals surface area contributed by atoms with E-state index >= 15 is 0 Å². The van der Waals surface area contributed by atoms with Crippen LogP contribution in [0.4, 0.5) is 0 Å². The fourth-order valence-corrected chi connectivity index (χ4v) is 32.2. The van der Waals surface area contributed by atoms with Crippen molar-refractivity contribution in [1.29, 1.82) is 0 Å². The molecule has 4 bridgehead atoms. The molecule has 0 radical (unpaired) electrons. The van der Waals surface area contributed by atoms with Crippen molar-refractivity contribution in [3.05, 3.63) is 102 Å². The fraction of sp³-hybridized carbons (Fsp3) is 0.509. The van der Waals surface area contributed by atoms with E-state index in [0.29, 0.717) is 25.7 Å². The highest BCUT2D eigenvalue weighted by molar-refractivity contribution is 8.74. The highest BCUT2D eigenvalue weighted by Gasteiger charge is 2.55. The van der Waals surface area contributed by atoms with E-state index in [-0.39, 0.29) is 61.3 Å². The van der Waals surface area contributed by atoms with Crippen LogP contribution >= 0.6 is 0 Å². The molecule has 0 aliphatic carbocycles. The van der Waals surface area contributed by atoms with Crippen molar-refractivity contribution in [2.45, 2.75) is 116 Å². The smallest absolute Gasteiger partial charge is 0.241 e. The molecule has 0 saturated carbocycles. The van der Waals surface area contributed by atoms with Gasteiger partial charge in [0, 0.05) is 149 Å². The predicted molar refractivity (Wildman–Crippen MR) is 334 cm³/mol. The summed E-state index contributed by atoms with van der Waals surface area (Å²) in [5.74, 6) is 4.79. The van der Waals surface area contributed by atoms with Crippen LogP contribution in [0.15, 0.2) is 24.3 Å². The number of hydrogen-bond acceptors (Lipinski definition) is 14. The second-order valence-electron chi connectivity index (χ2n) is 19.7. The third-order valence-corrected chi connectivity index (χ3v) is 34.2. The molecular formula is C53H66N4O10S11. The molecule has 0 unspecified atom stereocenters. The maximum Gasteiger partial charge on any atom is 0.241 e. The zero-order valence-electron chi connectivity index (χ0n) is 45.7. The average molecular weight is 1270 g/mol. The van der Waals surface area contributed by atoms with Crippen LogP contribution < -0.4 is 33.7 Å². The summed E-state index contributed by atoms with van der Waals surface area (Å²) in [5.41, 5.74) is 14.8. The Kier molecular flexibility index (Phi) is 20.6. The molecule has 2 saturated heterocycles. The number of carbonyl (C=O) groups excluding carboxylic acids is 2. The standard InChI is InChI=1S/C27H34N2O5.C26H32N2O5.S11/c1-13-8-16-9-19-24-17-11-22(32-5)15(3)25(33-6)18(17)10-20(28(24)4)27(31)29(19)21(12-30)23(16)26(34-7)14(13)2;1-12-7-15-8-19-23-16-10-21(31-4)14(3)24(32-5)17(16)9-18(27-23)26(30)28(19)20(11-29)22(15)25(33-6)13(12)2;1-3-5-7-9-11-10-8-6-4-2/h8,11,19-21,24,30H,9-10,12H2,1-7H3;7,10,18-20,23,27,29H,8-9,11H2,1-6H3;/t19-,20-,21-,24+;18-,19-,20-,23+;/m00./s1. The van der Waals surface area contributed by atoms with Crippen LogP contribution in [0.5, 0.6) is 34.5 Å². The number of methoxy groups -OCH3 is 6. The van der Waals surface area contributed by atoms with E-state index in [4.69, 9.17) is 28.4 Å². The van der Waals surface area contributed by atoms with E-state index < -0.39 is 12.1 Å². The number of piperazine rings is 2. The Hall–Kier alpha value is -3.12. The van der Waals surface area contributed by atoms with Crippen molar-refractivity contribution in [2.24, 2.45) is 0 Å². The molecule has 4 aromatic rings. The number of aryl methyl sites for hydroxylation is 2. The number of ether oxygens (including phenoxy) is 6. The molecule has 0 aromatic heterocycles. The number of amides is 2. The number of likely N-dealkylation sites (N-methyl/N-ethyl adjacent to an activating group) is 1. The monoisotopic (exact) mass is 1270 g/mol. The summed E-state index contributed by atoms with van der Waals surface area (Å²) in [4.78, 5) is 33.8. The number of rotatable bonds is 8. The van der Waals surface area contributed by atoms with E-state index in [9.17, 15) is 19.8 Å². The highest BCUT2D eigenvalue weighted by Crippen LogP contribution is 2.54. The van der Waals surface area contributed by atoms with Crippen LogP contribution in [0.1, 0.15) is 102 Å². The summed E-state index contributed by atoms with van der Waals surface area (Å²) in [7, 11) is 26.5. The minimum atomic E-state index is -0.441. The van der Waals surface area contributed by atoms with Crippen LogP contribution in [-0.4, -0.2) is 124 Å². The number of carbonyl (C=O) groups is 2. The topological polar surface area (TPSA) is 152 Å². The van der Waals surface area contributed by atoms with E-state index in [0.717, 1.165) is 112 Å². The Labute approximate surface area is 493 Å². The number of nitrogens with zero attached hydrogens (tertiary/aromatic N) is 3. The first-order valence-corrected chi connectivity index (χ1v) is 38.3. The molecule has 2 amide bonds. The Morgan fingerprint density at radius 1 is 0.551 bits per heavy atom. The zero-order valence-corrected chi connectivity index (χ0v) is 54.6. The lowest BCUT2D eigenvalue weighted by Gasteiger charge is -2.57. The third-order valence-electron chi connectivity index (χ3n) is 16.4. The minimum Gasteiger partial charge on any atom is -0.496 e. The summed E-state index contributed by atoms with van der Waals surface area (Å²) in [5, 5.41) is 24.7. The normalized spacial score (nSPS) is 22.7. The molecule has 10 rings (SSSR count). The Balaban J connectivity index is 0.000000173. The van der Waals surface area contributed by atoms with E-state index in [1.54, 1.807) is 105 Å². The summed E-state index contributed by atoms with van der Waals surface area (Å²) >= 11 is 9.35. The second-order valence-corrected chi connectivity index (χ2v) is 35.7. The molecular weight excluding hydrogens is 1210 g/mol. The molecule has 4 aromatic carbocycles. The van der Waals surface area contributed by atoms with Gasteiger partial charge >= 0.3 is 0 Å². The van der Waals surface area contributed by atoms with Gasteiger partial charge in [-0.2, -0.15) is 0 Å². The van der Waals surface area contributed by atoms with E-state index in [1.807, 2.05) is 44.5 Å². The molecule has 14 nitrogen and oxygen atoms in total. The van der Waals surface area contributed by atoms with Gasteiger partial charge in [-0.15, -0.1) is 0 Å². The highest BCUT2D eigenvalue weighted by atomic mass is 33.4. The van der Waals surface area contributed by atoms with Gasteiger partial charge in [-0.3, -0.25) is 19.8 Å². The SMILES string of the molecule is COc1cc2c(c(OC)c1C)C[C@@H]1N[C@H]2[C@@H]2Cc3cc(C)c(C)c(OC)c3[C@H](CO)N2C1=O.COc1cc2c(c(OC)c1C)C[C@H]1C(=O)N3[C@@H](CO)c4c(cc(C)c(C)c4OC)C[C@H]3[C@@H]2N1C.S=S=S=S=S=S=S=S=S=S=S. The molecule has 2 fully saturated rings. The molecule has 78 heavy (non-hydrogen) atoms. The van der Waals surface area contributed by atoms with Crippen molar-refractivity contribution in [1.82, 2.24) is 20.0 Å². The molecule has 8 atom stereocenters. The van der Waals surface area contributed by atoms with Gasteiger partial charge in [0.2, 0.25) is 11.8 Å². The largest absolute Gasteiger partial charge is 0.496 e. The lowest BCUT2D eigenvalue weighted by molar-refractivity contribution is -0.158. The molecule has 424 valence electrons. The van der Waals surface area contributed by atoms with E-state index in [2.05, 4.69) is 70.7 Å². The summed E-state index contributed by atoms with van der Waals surface area (Å²) < 4.78 is 34.6. The van der Waals surface area contributed by atoms with Crippen LogP contribution in [0.25, 0.3) is 0 Å². The average Bonchev–Trinajstić information content (AvgIpc) is 3.60. The van der Waals surface area contributed by atoms with Crippen LogP contribution in [0.3, 0.4) is 0 Å². The summed E-state index contributed by atoms with van der Waals surface area (Å²) in [6.07, 6.45) is 2.47. The van der Waals surface area contributed by atoms with Crippen molar-refractivity contribution in [3.8, 4) is 34.5 Å². The van der Waals surface area contributed by atoms with Gasteiger partial charge in [0.05, 0.1) is 104 Å². The number of nitrogens with one attached hydrogen (secondary N) is 1. The van der Waals surface area contributed by atoms with Gasteiger partial charge in [0.25, 0.3) is 0 Å². The Morgan fingerprint density at radius 3 is 1.44 bits per heavy atom. The number of hydrogen-bond donors (Lipinski definition) is 3. The Morgan fingerprint density at radius 2 is 0.987 bits per heavy atom. The first kappa shape index (κ1) is 61.0. The van der Waals surface area contributed by atoms with Crippen molar-refractivity contribution >= 4 is 114 Å². The Bertz CT molecular complexity index is 3450. The maximum atomic E-state index is 14.0. The molecule has 0 spiro atoms. The van der Waals surface area contributed by atoms with Gasteiger partial charge in [-0.05, 0) is 118 Å². The molecule has 25 heteroatoms. The predicted octanol–water partition coefficient (Wildman–Crippen LogP) is 5.70.